The number of carbonyl (C=O) groups excluding carboxylic acids is 1. The molecule has 0 bridgehead atoms. The minimum absolute atomic E-state index is 0.0503. The van der Waals surface area contributed by atoms with Gasteiger partial charge in [0.25, 0.3) is 0 Å². The SMILES string of the molecule is Cc1cccc(NC(=O)N(C)C(C)Cc2ccc(O)cc2)c1. The first-order valence-electron chi connectivity index (χ1n) is 7.34. The molecule has 0 radical (unpaired) electrons. The number of amides is 2. The first kappa shape index (κ1) is 15.9. The van der Waals surface area contributed by atoms with Crippen molar-refractivity contribution >= 4 is 11.7 Å². The van der Waals surface area contributed by atoms with Gasteiger partial charge in [-0.1, -0.05) is 24.3 Å². The lowest BCUT2D eigenvalue weighted by Gasteiger charge is -2.25. The number of anilines is 1. The van der Waals surface area contributed by atoms with Gasteiger partial charge < -0.3 is 15.3 Å². The second-order valence-corrected chi connectivity index (χ2v) is 5.63. The molecule has 0 aliphatic heterocycles. The summed E-state index contributed by atoms with van der Waals surface area (Å²) < 4.78 is 0. The number of urea groups is 1. The number of rotatable bonds is 4. The van der Waals surface area contributed by atoms with E-state index >= 15 is 0 Å². The van der Waals surface area contributed by atoms with Gasteiger partial charge in [0.15, 0.2) is 0 Å². The maximum atomic E-state index is 12.3. The topological polar surface area (TPSA) is 52.6 Å². The number of carbonyl (C=O) groups is 1. The van der Waals surface area contributed by atoms with Crippen LogP contribution in [0.1, 0.15) is 18.1 Å². The van der Waals surface area contributed by atoms with Gasteiger partial charge in [0.05, 0.1) is 0 Å². The van der Waals surface area contributed by atoms with E-state index < -0.39 is 0 Å². The molecule has 2 aromatic carbocycles. The predicted octanol–water partition coefficient (Wildman–Crippen LogP) is 3.80. The van der Waals surface area contributed by atoms with Crippen LogP contribution in [-0.2, 0) is 6.42 Å². The number of benzene rings is 2. The molecule has 0 fully saturated rings. The van der Waals surface area contributed by atoms with Crippen LogP contribution < -0.4 is 5.32 Å². The van der Waals surface area contributed by atoms with Crippen LogP contribution in [0.5, 0.6) is 5.75 Å². The monoisotopic (exact) mass is 298 g/mol. The van der Waals surface area contributed by atoms with Gasteiger partial charge in [-0.15, -0.1) is 0 Å². The second kappa shape index (κ2) is 6.98. The number of phenols is 1. The van der Waals surface area contributed by atoms with Crippen molar-refractivity contribution in [3.63, 3.8) is 0 Å². The summed E-state index contributed by atoms with van der Waals surface area (Å²) in [7, 11) is 1.79. The third-order valence-corrected chi connectivity index (χ3v) is 3.72. The van der Waals surface area contributed by atoms with Crippen molar-refractivity contribution in [2.75, 3.05) is 12.4 Å². The van der Waals surface area contributed by atoms with Crippen LogP contribution in [0.2, 0.25) is 0 Å². The van der Waals surface area contributed by atoms with Gasteiger partial charge in [-0.2, -0.15) is 0 Å². The van der Waals surface area contributed by atoms with Gasteiger partial charge in [-0.3, -0.25) is 0 Å². The summed E-state index contributed by atoms with van der Waals surface area (Å²) in [5.41, 5.74) is 2.99. The zero-order valence-electron chi connectivity index (χ0n) is 13.2. The molecule has 1 unspecified atom stereocenters. The fourth-order valence-electron chi connectivity index (χ4n) is 2.24. The molecule has 116 valence electrons. The van der Waals surface area contributed by atoms with Gasteiger partial charge in [0.2, 0.25) is 0 Å². The van der Waals surface area contributed by atoms with Crippen molar-refractivity contribution in [1.82, 2.24) is 4.90 Å². The third-order valence-electron chi connectivity index (χ3n) is 3.72. The fraction of sp³-hybridized carbons (Fsp3) is 0.278. The van der Waals surface area contributed by atoms with Crippen molar-refractivity contribution < 1.29 is 9.90 Å². The molecule has 4 nitrogen and oxygen atoms in total. The standard InChI is InChI=1S/C18H22N2O2/c1-13-5-4-6-16(11-13)19-18(22)20(3)14(2)12-15-7-9-17(21)10-8-15/h4-11,14,21H,12H2,1-3H3,(H,19,22). The molecule has 0 saturated carbocycles. The molecule has 0 heterocycles. The molecular weight excluding hydrogens is 276 g/mol. The van der Waals surface area contributed by atoms with Crippen molar-refractivity contribution in [1.29, 1.82) is 0 Å². The molecule has 2 N–H and O–H groups in total. The Morgan fingerprint density at radius 1 is 1.23 bits per heavy atom. The number of phenolic OH excluding ortho intramolecular Hbond substituents is 1. The van der Waals surface area contributed by atoms with E-state index in [-0.39, 0.29) is 17.8 Å². The third kappa shape index (κ3) is 4.25. The Morgan fingerprint density at radius 2 is 1.91 bits per heavy atom. The second-order valence-electron chi connectivity index (χ2n) is 5.63. The van der Waals surface area contributed by atoms with Crippen LogP contribution in [0.4, 0.5) is 10.5 Å². The quantitative estimate of drug-likeness (QED) is 0.902. The fourth-order valence-corrected chi connectivity index (χ4v) is 2.24. The molecule has 2 rings (SSSR count). The molecule has 0 aliphatic rings. The van der Waals surface area contributed by atoms with Crippen LogP contribution in [0.3, 0.4) is 0 Å². The van der Waals surface area contributed by atoms with Gasteiger partial charge in [0.1, 0.15) is 5.75 Å². The zero-order chi connectivity index (χ0) is 16.1. The lowest BCUT2D eigenvalue weighted by atomic mass is 10.1. The number of aromatic hydroxyl groups is 1. The molecule has 4 heteroatoms. The van der Waals surface area contributed by atoms with Crippen molar-refractivity contribution in [3.8, 4) is 5.75 Å². The largest absolute Gasteiger partial charge is 0.508 e. The van der Waals surface area contributed by atoms with Crippen molar-refractivity contribution in [3.05, 3.63) is 59.7 Å². The van der Waals surface area contributed by atoms with E-state index in [4.69, 9.17) is 0 Å². The number of aryl methyl sites for hydroxylation is 1. The Hall–Kier alpha value is -2.49. The lowest BCUT2D eigenvalue weighted by molar-refractivity contribution is 0.207. The van der Waals surface area contributed by atoms with Crippen LogP contribution in [-0.4, -0.2) is 29.1 Å². The lowest BCUT2D eigenvalue weighted by Crippen LogP contribution is -2.39. The van der Waals surface area contributed by atoms with Gasteiger partial charge in [0, 0.05) is 18.8 Å². The summed E-state index contributed by atoms with van der Waals surface area (Å²) in [6.45, 7) is 4.00. The summed E-state index contributed by atoms with van der Waals surface area (Å²) in [6, 6.07) is 14.7. The Bertz CT molecular complexity index is 638. The van der Waals surface area contributed by atoms with Crippen molar-refractivity contribution in [2.24, 2.45) is 0 Å². The summed E-state index contributed by atoms with van der Waals surface area (Å²) in [5.74, 6) is 0.252. The van der Waals surface area contributed by atoms with E-state index in [1.54, 1.807) is 24.1 Å². The summed E-state index contributed by atoms with van der Waals surface area (Å²) in [5, 5.41) is 12.2. The predicted molar refractivity (Wildman–Crippen MR) is 89.2 cm³/mol. The minimum atomic E-state index is -0.128. The molecule has 0 saturated heterocycles. The first-order valence-corrected chi connectivity index (χ1v) is 7.34. The average molecular weight is 298 g/mol. The summed E-state index contributed by atoms with van der Waals surface area (Å²) >= 11 is 0. The molecule has 0 spiro atoms. The van der Waals surface area contributed by atoms with Crippen LogP contribution in [0.15, 0.2) is 48.5 Å². The highest BCUT2D eigenvalue weighted by molar-refractivity contribution is 5.89. The summed E-state index contributed by atoms with van der Waals surface area (Å²) in [4.78, 5) is 14.0. The average Bonchev–Trinajstić information content (AvgIpc) is 2.48. The Kier molecular flexibility index (Phi) is 5.04. The smallest absolute Gasteiger partial charge is 0.321 e. The Labute approximate surface area is 131 Å². The van der Waals surface area contributed by atoms with Gasteiger partial charge in [-0.05, 0) is 55.7 Å². The van der Waals surface area contributed by atoms with Crippen molar-refractivity contribution in [2.45, 2.75) is 26.3 Å². The Balaban J connectivity index is 1.95. The number of nitrogens with zero attached hydrogens (tertiary/aromatic N) is 1. The minimum Gasteiger partial charge on any atom is -0.508 e. The van der Waals surface area contributed by atoms with E-state index in [1.807, 2.05) is 50.2 Å². The summed E-state index contributed by atoms with van der Waals surface area (Å²) in [6.07, 6.45) is 0.734. The molecule has 0 aliphatic carbocycles. The Morgan fingerprint density at radius 3 is 2.55 bits per heavy atom. The van der Waals surface area contributed by atoms with Gasteiger partial charge >= 0.3 is 6.03 Å². The van der Waals surface area contributed by atoms with E-state index in [0.29, 0.717) is 0 Å². The first-order chi connectivity index (χ1) is 10.5. The molecule has 22 heavy (non-hydrogen) atoms. The maximum Gasteiger partial charge on any atom is 0.321 e. The molecule has 0 aromatic heterocycles. The zero-order valence-corrected chi connectivity index (χ0v) is 13.2. The highest BCUT2D eigenvalue weighted by Crippen LogP contribution is 2.14. The number of hydrogen-bond donors (Lipinski definition) is 2. The highest BCUT2D eigenvalue weighted by atomic mass is 16.3. The maximum absolute atomic E-state index is 12.3. The molecular formula is C18H22N2O2. The van der Waals surface area contributed by atoms with E-state index in [0.717, 1.165) is 23.2 Å². The van der Waals surface area contributed by atoms with E-state index in [1.165, 1.54) is 0 Å². The molecule has 1 atom stereocenters. The van der Waals surface area contributed by atoms with Crippen LogP contribution >= 0.6 is 0 Å². The highest BCUT2D eigenvalue weighted by Gasteiger charge is 2.16. The number of hydrogen-bond acceptors (Lipinski definition) is 2. The van der Waals surface area contributed by atoms with E-state index in [2.05, 4.69) is 5.32 Å². The normalized spacial score (nSPS) is 11.8. The molecule has 2 amide bonds. The van der Waals surface area contributed by atoms with Crippen LogP contribution in [0.25, 0.3) is 0 Å². The molecule has 2 aromatic rings. The van der Waals surface area contributed by atoms with E-state index in [9.17, 15) is 9.90 Å². The number of nitrogens with one attached hydrogen (secondary N) is 1. The van der Waals surface area contributed by atoms with Crippen LogP contribution in [0, 0.1) is 6.92 Å². The number of likely N-dealkylation sites (N-methyl/N-ethyl adjacent to an activating group) is 1. The van der Waals surface area contributed by atoms with Gasteiger partial charge in [-0.25, -0.2) is 4.79 Å².